The van der Waals surface area contributed by atoms with Crippen LogP contribution in [0, 0.1) is 17.7 Å². The zero-order chi connectivity index (χ0) is 26.5. The van der Waals surface area contributed by atoms with E-state index in [1.807, 2.05) is 48.5 Å². The molecule has 3 aromatic carbocycles. The van der Waals surface area contributed by atoms with Gasteiger partial charge in [-0.1, -0.05) is 44.2 Å². The van der Waals surface area contributed by atoms with Gasteiger partial charge in [-0.25, -0.2) is 9.07 Å². The standard InChI is InChI=1S/C29H30FN5O3/c1-19(2)26-15-21(25-8-3-4-9-27(25)30)16-38-29(26)20-6-5-7-24(14-20)37-17-28(36)32-22-10-12-23(13-11-22)35-18-31-33-34-35/h3-14,18-19,21,26,29H,15-17H2,1-2H3,(H,32,36)/t21-,26-,29-/m0/s1. The Morgan fingerprint density at radius 3 is 2.68 bits per heavy atom. The first-order valence-electron chi connectivity index (χ1n) is 12.7. The minimum atomic E-state index is -0.271. The molecule has 0 bridgehead atoms. The number of carbonyl (C=O) groups is 1. The summed E-state index contributed by atoms with van der Waals surface area (Å²) in [5.74, 6) is 0.714. The molecule has 1 saturated heterocycles. The first-order valence-corrected chi connectivity index (χ1v) is 12.7. The summed E-state index contributed by atoms with van der Waals surface area (Å²) in [4.78, 5) is 12.5. The molecule has 9 heteroatoms. The molecule has 1 aromatic heterocycles. The molecule has 0 radical (unpaired) electrons. The second kappa shape index (κ2) is 11.5. The molecule has 38 heavy (non-hydrogen) atoms. The Bertz CT molecular complexity index is 1360. The number of nitrogens with one attached hydrogen (secondary N) is 1. The number of ether oxygens (including phenoxy) is 2. The van der Waals surface area contributed by atoms with Gasteiger partial charge in [-0.15, -0.1) is 5.10 Å². The topological polar surface area (TPSA) is 91.2 Å². The van der Waals surface area contributed by atoms with Gasteiger partial charge in [0.2, 0.25) is 0 Å². The van der Waals surface area contributed by atoms with Gasteiger partial charge in [0.15, 0.2) is 6.61 Å². The lowest BCUT2D eigenvalue weighted by molar-refractivity contribution is -0.118. The van der Waals surface area contributed by atoms with E-state index in [1.54, 1.807) is 18.2 Å². The fourth-order valence-corrected chi connectivity index (χ4v) is 4.96. The van der Waals surface area contributed by atoms with Crippen molar-refractivity contribution in [3.05, 3.63) is 96.1 Å². The molecule has 8 nitrogen and oxygen atoms in total. The molecule has 1 aliphatic rings. The Kier molecular flexibility index (Phi) is 7.74. The number of amides is 1. The van der Waals surface area contributed by atoms with Crippen molar-refractivity contribution in [3.63, 3.8) is 0 Å². The highest BCUT2D eigenvalue weighted by Gasteiger charge is 2.35. The summed E-state index contributed by atoms with van der Waals surface area (Å²) >= 11 is 0. The number of aromatic nitrogens is 4. The number of anilines is 1. The number of rotatable bonds is 8. The van der Waals surface area contributed by atoms with Crippen molar-refractivity contribution < 1.29 is 18.7 Å². The molecule has 1 aliphatic heterocycles. The molecule has 4 aromatic rings. The number of halogens is 1. The van der Waals surface area contributed by atoms with Crippen molar-refractivity contribution in [2.45, 2.75) is 32.3 Å². The van der Waals surface area contributed by atoms with Gasteiger partial charge in [-0.2, -0.15) is 0 Å². The van der Waals surface area contributed by atoms with E-state index >= 15 is 0 Å². The summed E-state index contributed by atoms with van der Waals surface area (Å²) in [7, 11) is 0. The van der Waals surface area contributed by atoms with Crippen LogP contribution >= 0.6 is 0 Å². The van der Waals surface area contributed by atoms with Crippen LogP contribution in [0.1, 0.15) is 43.4 Å². The summed E-state index contributed by atoms with van der Waals surface area (Å²) in [6.07, 6.45) is 2.20. The Labute approximate surface area is 220 Å². The lowest BCUT2D eigenvalue weighted by atomic mass is 9.76. The predicted molar refractivity (Wildman–Crippen MR) is 140 cm³/mol. The molecule has 1 fully saturated rings. The molecular formula is C29H30FN5O3. The van der Waals surface area contributed by atoms with Crippen molar-refractivity contribution in [1.29, 1.82) is 0 Å². The van der Waals surface area contributed by atoms with Crippen LogP contribution in [0.4, 0.5) is 10.1 Å². The maximum absolute atomic E-state index is 14.4. The van der Waals surface area contributed by atoms with Gasteiger partial charge < -0.3 is 14.8 Å². The average Bonchev–Trinajstić information content (AvgIpc) is 3.48. The predicted octanol–water partition coefficient (Wildman–Crippen LogP) is 5.34. The van der Waals surface area contributed by atoms with Gasteiger partial charge in [0.25, 0.3) is 5.91 Å². The molecule has 2 heterocycles. The maximum Gasteiger partial charge on any atom is 0.262 e. The number of carbonyl (C=O) groups excluding carboxylic acids is 1. The lowest BCUT2D eigenvalue weighted by Crippen LogP contribution is -2.31. The molecule has 0 saturated carbocycles. The van der Waals surface area contributed by atoms with Crippen molar-refractivity contribution in [3.8, 4) is 11.4 Å². The SMILES string of the molecule is CC(C)[C@@H]1C[C@H](c2ccccc2F)CO[C@H]1c1cccc(OCC(=O)Nc2ccc(-n3cnnn3)cc2)c1. The summed E-state index contributed by atoms with van der Waals surface area (Å²) in [5.41, 5.74) is 3.13. The Hall–Kier alpha value is -4.11. The number of hydrogen-bond donors (Lipinski definition) is 1. The number of benzene rings is 3. The lowest BCUT2D eigenvalue weighted by Gasteiger charge is -2.39. The van der Waals surface area contributed by atoms with Crippen LogP contribution < -0.4 is 10.1 Å². The zero-order valence-corrected chi connectivity index (χ0v) is 21.3. The average molecular weight is 516 g/mol. The van der Waals surface area contributed by atoms with Crippen molar-refractivity contribution in [2.24, 2.45) is 11.8 Å². The highest BCUT2D eigenvalue weighted by atomic mass is 19.1. The molecule has 1 amide bonds. The second-order valence-corrected chi connectivity index (χ2v) is 9.83. The van der Waals surface area contributed by atoms with Crippen molar-refractivity contribution in [1.82, 2.24) is 20.2 Å². The number of hydrogen-bond acceptors (Lipinski definition) is 6. The van der Waals surface area contributed by atoms with Gasteiger partial charge in [0, 0.05) is 11.6 Å². The minimum Gasteiger partial charge on any atom is -0.484 e. The van der Waals surface area contributed by atoms with Crippen LogP contribution in [0.5, 0.6) is 5.75 Å². The zero-order valence-electron chi connectivity index (χ0n) is 21.3. The van der Waals surface area contributed by atoms with Gasteiger partial charge in [0.05, 0.1) is 18.4 Å². The van der Waals surface area contributed by atoms with E-state index in [1.165, 1.54) is 17.1 Å². The summed E-state index contributed by atoms with van der Waals surface area (Å²) in [5, 5.41) is 13.9. The van der Waals surface area contributed by atoms with Crippen molar-refractivity contribution in [2.75, 3.05) is 18.5 Å². The molecule has 1 N–H and O–H groups in total. The minimum absolute atomic E-state index is 0.0184. The Morgan fingerprint density at radius 2 is 1.95 bits per heavy atom. The van der Waals surface area contributed by atoms with E-state index in [9.17, 15) is 9.18 Å². The van der Waals surface area contributed by atoms with E-state index in [0.717, 1.165) is 17.7 Å². The van der Waals surface area contributed by atoms with Crippen LogP contribution in [0.2, 0.25) is 0 Å². The highest BCUT2D eigenvalue weighted by Crippen LogP contribution is 2.44. The van der Waals surface area contributed by atoms with Gasteiger partial charge >= 0.3 is 0 Å². The van der Waals surface area contributed by atoms with Gasteiger partial charge in [-0.05, 0) is 82.3 Å². The van der Waals surface area contributed by atoms with Gasteiger partial charge in [0.1, 0.15) is 17.9 Å². The fraction of sp³-hybridized carbons (Fsp3) is 0.310. The van der Waals surface area contributed by atoms with Crippen LogP contribution in [0.3, 0.4) is 0 Å². The first kappa shape index (κ1) is 25.5. The first-order chi connectivity index (χ1) is 18.5. The van der Waals surface area contributed by atoms with E-state index in [0.29, 0.717) is 29.5 Å². The monoisotopic (exact) mass is 515 g/mol. The summed E-state index contributed by atoms with van der Waals surface area (Å²) in [6, 6.07) is 21.8. The molecular weight excluding hydrogens is 485 g/mol. The molecule has 0 unspecified atom stereocenters. The second-order valence-electron chi connectivity index (χ2n) is 9.83. The van der Waals surface area contributed by atoms with E-state index in [2.05, 4.69) is 34.7 Å². The number of nitrogens with zero attached hydrogens (tertiary/aromatic N) is 4. The third kappa shape index (κ3) is 5.89. The molecule has 5 rings (SSSR count). The highest BCUT2D eigenvalue weighted by molar-refractivity contribution is 5.91. The Morgan fingerprint density at radius 1 is 1.13 bits per heavy atom. The van der Waals surface area contributed by atoms with Crippen LogP contribution in [-0.4, -0.2) is 39.3 Å². The van der Waals surface area contributed by atoms with E-state index in [4.69, 9.17) is 9.47 Å². The normalized spacial score (nSPS) is 19.3. The van der Waals surface area contributed by atoms with Crippen LogP contribution in [-0.2, 0) is 9.53 Å². The molecule has 196 valence electrons. The quantitative estimate of drug-likeness (QED) is 0.341. The van der Waals surface area contributed by atoms with Crippen LogP contribution in [0.25, 0.3) is 5.69 Å². The van der Waals surface area contributed by atoms with Crippen LogP contribution in [0.15, 0.2) is 79.1 Å². The number of tetrazole rings is 1. The third-order valence-corrected chi connectivity index (χ3v) is 6.95. The smallest absolute Gasteiger partial charge is 0.262 e. The van der Waals surface area contributed by atoms with Crippen molar-refractivity contribution >= 4 is 11.6 Å². The van der Waals surface area contributed by atoms with Gasteiger partial charge in [-0.3, -0.25) is 4.79 Å². The Balaban J connectivity index is 1.20. The summed E-state index contributed by atoms with van der Waals surface area (Å²) < 4.78 is 28.1. The third-order valence-electron chi connectivity index (χ3n) is 6.95. The van der Waals surface area contributed by atoms with E-state index in [-0.39, 0.29) is 36.3 Å². The molecule has 0 aliphatic carbocycles. The summed E-state index contributed by atoms with van der Waals surface area (Å²) in [6.45, 7) is 4.66. The van der Waals surface area contributed by atoms with E-state index < -0.39 is 0 Å². The fourth-order valence-electron chi connectivity index (χ4n) is 4.96. The molecule has 0 spiro atoms. The largest absolute Gasteiger partial charge is 0.484 e. The molecule has 3 atom stereocenters. The maximum atomic E-state index is 14.4.